The summed E-state index contributed by atoms with van der Waals surface area (Å²) in [6.45, 7) is 6.40. The molecule has 5 nitrogen and oxygen atoms in total. The van der Waals surface area contributed by atoms with Gasteiger partial charge in [0.1, 0.15) is 17.2 Å². The van der Waals surface area contributed by atoms with Crippen molar-refractivity contribution in [1.29, 1.82) is 0 Å². The maximum absolute atomic E-state index is 13.6. The lowest BCUT2D eigenvalue weighted by atomic mass is 10.0. The van der Waals surface area contributed by atoms with E-state index in [1.165, 1.54) is 5.56 Å². The first-order valence-corrected chi connectivity index (χ1v) is 9.84. The molecule has 5 heteroatoms. The fourth-order valence-electron chi connectivity index (χ4n) is 3.49. The number of rotatable bonds is 5. The third kappa shape index (κ3) is 3.66. The normalized spacial score (nSPS) is 10.9. The molecule has 0 radical (unpaired) electrons. The molecule has 0 saturated heterocycles. The van der Waals surface area contributed by atoms with Gasteiger partial charge in [0.05, 0.1) is 13.7 Å². The van der Waals surface area contributed by atoms with Crippen molar-refractivity contribution in [2.24, 2.45) is 0 Å². The van der Waals surface area contributed by atoms with E-state index in [1.54, 1.807) is 18.2 Å². The van der Waals surface area contributed by atoms with Crippen molar-refractivity contribution in [3.63, 3.8) is 0 Å². The molecule has 4 aromatic rings. The van der Waals surface area contributed by atoms with Crippen LogP contribution in [0.2, 0.25) is 0 Å². The molecule has 0 N–H and O–H groups in total. The molecular weight excluding hydrogens is 376 g/mol. The number of carbonyl (C=O) groups is 1. The number of nitrogens with zero attached hydrogens (tertiary/aromatic N) is 2. The topological polar surface area (TPSA) is 55.6 Å². The Morgan fingerprint density at radius 1 is 1.03 bits per heavy atom. The number of methoxy groups -OCH3 is 1. The minimum Gasteiger partial charge on any atom is -0.497 e. The summed E-state index contributed by atoms with van der Waals surface area (Å²) in [6, 6.07) is 17.3. The van der Waals surface area contributed by atoms with E-state index in [1.807, 2.05) is 62.4 Å². The highest BCUT2D eigenvalue weighted by Gasteiger charge is 2.26. The SMILES string of the molecule is COc1ccc(CN(C(=O)c2oc3cc(C)c(C)cc3c2C)c2ccccn2)cc1. The molecule has 0 fully saturated rings. The number of furan rings is 1. The molecule has 4 rings (SSSR count). The first-order valence-electron chi connectivity index (χ1n) is 9.84. The van der Waals surface area contributed by atoms with Crippen molar-refractivity contribution in [1.82, 2.24) is 4.98 Å². The minimum atomic E-state index is -0.214. The van der Waals surface area contributed by atoms with E-state index in [4.69, 9.17) is 9.15 Å². The molecule has 0 bridgehead atoms. The molecule has 0 aliphatic carbocycles. The highest BCUT2D eigenvalue weighted by Crippen LogP contribution is 2.30. The molecule has 0 saturated carbocycles. The van der Waals surface area contributed by atoms with Gasteiger partial charge in [-0.05, 0) is 73.9 Å². The highest BCUT2D eigenvalue weighted by atomic mass is 16.5. The number of hydrogen-bond donors (Lipinski definition) is 0. The number of amides is 1. The summed E-state index contributed by atoms with van der Waals surface area (Å²) in [4.78, 5) is 19.7. The number of pyridine rings is 1. The Kier molecular flexibility index (Phi) is 5.27. The van der Waals surface area contributed by atoms with Crippen LogP contribution in [0.4, 0.5) is 5.82 Å². The van der Waals surface area contributed by atoms with Gasteiger partial charge in [0.15, 0.2) is 5.76 Å². The number of hydrogen-bond acceptors (Lipinski definition) is 4. The summed E-state index contributed by atoms with van der Waals surface area (Å²) >= 11 is 0. The number of fused-ring (bicyclic) bond motifs is 1. The van der Waals surface area contributed by atoms with Gasteiger partial charge in [0.2, 0.25) is 0 Å². The van der Waals surface area contributed by atoms with E-state index in [0.717, 1.165) is 33.4 Å². The Bertz CT molecular complexity index is 1190. The molecule has 0 unspecified atom stereocenters. The van der Waals surface area contributed by atoms with Crippen LogP contribution in [-0.4, -0.2) is 18.0 Å². The van der Waals surface area contributed by atoms with E-state index < -0.39 is 0 Å². The van der Waals surface area contributed by atoms with Crippen molar-refractivity contribution in [2.45, 2.75) is 27.3 Å². The van der Waals surface area contributed by atoms with E-state index >= 15 is 0 Å². The lowest BCUT2D eigenvalue weighted by molar-refractivity contribution is 0.0959. The molecule has 30 heavy (non-hydrogen) atoms. The summed E-state index contributed by atoms with van der Waals surface area (Å²) < 4.78 is 11.3. The van der Waals surface area contributed by atoms with Crippen LogP contribution in [0.3, 0.4) is 0 Å². The van der Waals surface area contributed by atoms with Gasteiger partial charge in [-0.1, -0.05) is 18.2 Å². The smallest absolute Gasteiger partial charge is 0.295 e. The summed E-state index contributed by atoms with van der Waals surface area (Å²) in [5, 5.41) is 0.965. The van der Waals surface area contributed by atoms with Crippen LogP contribution in [0.5, 0.6) is 5.75 Å². The molecule has 1 amide bonds. The van der Waals surface area contributed by atoms with Gasteiger partial charge in [-0.3, -0.25) is 9.69 Å². The largest absolute Gasteiger partial charge is 0.497 e. The standard InChI is InChI=1S/C25H24N2O3/c1-16-13-21-18(3)24(30-22(21)14-17(16)2)25(28)27(23-7-5-6-12-26-23)15-19-8-10-20(29-4)11-9-19/h5-14H,15H2,1-4H3. The fourth-order valence-corrected chi connectivity index (χ4v) is 3.49. The summed E-state index contributed by atoms with van der Waals surface area (Å²) in [5.74, 6) is 1.47. The van der Waals surface area contributed by atoms with Crippen LogP contribution in [-0.2, 0) is 6.54 Å². The average molecular weight is 400 g/mol. The Balaban J connectivity index is 1.76. The zero-order chi connectivity index (χ0) is 21.3. The monoisotopic (exact) mass is 400 g/mol. The molecule has 0 atom stereocenters. The highest BCUT2D eigenvalue weighted by molar-refractivity contribution is 6.07. The number of carbonyl (C=O) groups excluding carboxylic acids is 1. The van der Waals surface area contributed by atoms with Gasteiger partial charge in [-0.15, -0.1) is 0 Å². The van der Waals surface area contributed by atoms with Crippen LogP contribution in [0, 0.1) is 20.8 Å². The van der Waals surface area contributed by atoms with Crippen molar-refractivity contribution in [2.75, 3.05) is 12.0 Å². The van der Waals surface area contributed by atoms with E-state index in [-0.39, 0.29) is 5.91 Å². The Morgan fingerprint density at radius 3 is 2.43 bits per heavy atom. The summed E-state index contributed by atoms with van der Waals surface area (Å²) in [5.41, 5.74) is 4.84. The lowest BCUT2D eigenvalue weighted by Gasteiger charge is -2.21. The second-order valence-corrected chi connectivity index (χ2v) is 7.42. The number of anilines is 1. The van der Waals surface area contributed by atoms with Crippen LogP contribution in [0.25, 0.3) is 11.0 Å². The maximum Gasteiger partial charge on any atom is 0.295 e. The maximum atomic E-state index is 13.6. The van der Waals surface area contributed by atoms with Crippen molar-refractivity contribution >= 4 is 22.7 Å². The van der Waals surface area contributed by atoms with Gasteiger partial charge in [0, 0.05) is 17.1 Å². The molecule has 0 spiro atoms. The van der Waals surface area contributed by atoms with Gasteiger partial charge in [-0.2, -0.15) is 0 Å². The number of ether oxygens (including phenoxy) is 1. The molecule has 2 heterocycles. The lowest BCUT2D eigenvalue weighted by Crippen LogP contribution is -2.31. The van der Waals surface area contributed by atoms with Gasteiger partial charge < -0.3 is 9.15 Å². The molecule has 2 aromatic heterocycles. The average Bonchev–Trinajstić information content (AvgIpc) is 3.08. The van der Waals surface area contributed by atoms with Gasteiger partial charge in [0.25, 0.3) is 5.91 Å². The Morgan fingerprint density at radius 2 is 1.77 bits per heavy atom. The fraction of sp³-hybridized carbons (Fsp3) is 0.200. The van der Waals surface area contributed by atoms with E-state index in [2.05, 4.69) is 18.0 Å². The van der Waals surface area contributed by atoms with Crippen molar-refractivity contribution < 1.29 is 13.9 Å². The third-order valence-electron chi connectivity index (χ3n) is 5.42. The molecule has 2 aromatic carbocycles. The molecule has 152 valence electrons. The zero-order valence-electron chi connectivity index (χ0n) is 17.6. The first-order chi connectivity index (χ1) is 14.5. The van der Waals surface area contributed by atoms with E-state index in [0.29, 0.717) is 18.1 Å². The first kappa shape index (κ1) is 19.7. The Hall–Kier alpha value is -3.60. The molecular formula is C25H24N2O3. The number of benzene rings is 2. The number of aromatic nitrogens is 1. The molecule has 0 aliphatic heterocycles. The second-order valence-electron chi connectivity index (χ2n) is 7.42. The van der Waals surface area contributed by atoms with Gasteiger partial charge >= 0.3 is 0 Å². The second kappa shape index (κ2) is 8.03. The van der Waals surface area contributed by atoms with E-state index in [9.17, 15) is 4.79 Å². The zero-order valence-corrected chi connectivity index (χ0v) is 17.6. The van der Waals surface area contributed by atoms with Crippen LogP contribution >= 0.6 is 0 Å². The van der Waals surface area contributed by atoms with Crippen LogP contribution < -0.4 is 9.64 Å². The Labute approximate surface area is 175 Å². The predicted molar refractivity (Wildman–Crippen MR) is 118 cm³/mol. The van der Waals surface area contributed by atoms with Crippen molar-refractivity contribution in [3.8, 4) is 5.75 Å². The quantitative estimate of drug-likeness (QED) is 0.437. The predicted octanol–water partition coefficient (Wildman–Crippen LogP) is 5.61. The van der Waals surface area contributed by atoms with Crippen LogP contribution in [0.1, 0.15) is 32.8 Å². The van der Waals surface area contributed by atoms with Crippen molar-refractivity contribution in [3.05, 3.63) is 88.8 Å². The van der Waals surface area contributed by atoms with Crippen LogP contribution in [0.15, 0.2) is 65.2 Å². The third-order valence-corrected chi connectivity index (χ3v) is 5.42. The number of aryl methyl sites for hydroxylation is 3. The molecule has 0 aliphatic rings. The minimum absolute atomic E-state index is 0.214. The summed E-state index contributed by atoms with van der Waals surface area (Å²) in [6.07, 6.45) is 1.68. The van der Waals surface area contributed by atoms with Gasteiger partial charge in [-0.25, -0.2) is 4.98 Å². The summed E-state index contributed by atoms with van der Waals surface area (Å²) in [7, 11) is 1.63.